The zero-order valence-corrected chi connectivity index (χ0v) is 13.1. The molecule has 120 valence electrons. The third kappa shape index (κ3) is 4.34. The molecule has 1 saturated heterocycles. The molecule has 1 rings (SSSR count). The van der Waals surface area contributed by atoms with Crippen molar-refractivity contribution in [2.45, 2.75) is 52.1 Å². The van der Waals surface area contributed by atoms with Crippen molar-refractivity contribution in [3.63, 3.8) is 0 Å². The van der Waals surface area contributed by atoms with Gasteiger partial charge in [-0.3, -0.25) is 9.59 Å². The van der Waals surface area contributed by atoms with Crippen LogP contribution in [0.1, 0.15) is 40.5 Å². The number of nitrogens with two attached hydrogens (primary N) is 1. The lowest BCUT2D eigenvalue weighted by Gasteiger charge is -2.43. The van der Waals surface area contributed by atoms with Crippen LogP contribution in [0.4, 0.5) is 4.79 Å². The normalized spacial score (nSPS) is 22.8. The Hall–Kier alpha value is -1.79. The first kappa shape index (κ1) is 17.3. The van der Waals surface area contributed by atoms with Gasteiger partial charge in [-0.2, -0.15) is 0 Å². The van der Waals surface area contributed by atoms with E-state index < -0.39 is 17.4 Å². The van der Waals surface area contributed by atoms with E-state index in [0.29, 0.717) is 12.8 Å². The van der Waals surface area contributed by atoms with Gasteiger partial charge >= 0.3 is 12.0 Å². The van der Waals surface area contributed by atoms with E-state index in [4.69, 9.17) is 10.8 Å². The van der Waals surface area contributed by atoms with E-state index in [1.807, 2.05) is 6.92 Å². The number of nitrogens with zero attached hydrogens (tertiary/aromatic N) is 2. The SMILES string of the molecule is CC1CCC(C(N)=O)CN1C(=O)N(CC(=O)O)C(C)(C)C. The van der Waals surface area contributed by atoms with Crippen molar-refractivity contribution >= 4 is 17.9 Å². The first-order valence-electron chi connectivity index (χ1n) is 7.13. The Bertz CT molecular complexity index is 430. The summed E-state index contributed by atoms with van der Waals surface area (Å²) in [5.74, 6) is -1.84. The van der Waals surface area contributed by atoms with E-state index in [1.54, 1.807) is 25.7 Å². The van der Waals surface area contributed by atoms with Crippen molar-refractivity contribution in [3.05, 3.63) is 0 Å². The average Bonchev–Trinajstić information content (AvgIpc) is 2.34. The van der Waals surface area contributed by atoms with E-state index >= 15 is 0 Å². The molecule has 3 N–H and O–H groups in total. The molecule has 0 bridgehead atoms. The maximum atomic E-state index is 12.7. The number of urea groups is 1. The second kappa shape index (κ2) is 6.32. The molecule has 1 aliphatic rings. The lowest BCUT2D eigenvalue weighted by molar-refractivity contribution is -0.139. The summed E-state index contributed by atoms with van der Waals surface area (Å²) in [5, 5.41) is 9.01. The van der Waals surface area contributed by atoms with Crippen molar-refractivity contribution in [1.29, 1.82) is 0 Å². The largest absolute Gasteiger partial charge is 0.480 e. The number of hydrogen-bond donors (Lipinski definition) is 2. The Kier molecular flexibility index (Phi) is 5.20. The van der Waals surface area contributed by atoms with Gasteiger partial charge in [0.2, 0.25) is 5.91 Å². The molecule has 2 unspecified atom stereocenters. The molecular formula is C14H25N3O4. The number of carbonyl (C=O) groups is 3. The molecule has 0 radical (unpaired) electrons. The molecule has 7 heteroatoms. The van der Waals surface area contributed by atoms with Crippen LogP contribution in [0.2, 0.25) is 0 Å². The number of carbonyl (C=O) groups excluding carboxylic acids is 2. The summed E-state index contributed by atoms with van der Waals surface area (Å²) in [6, 6.07) is -0.393. The highest BCUT2D eigenvalue weighted by Crippen LogP contribution is 2.25. The van der Waals surface area contributed by atoms with Gasteiger partial charge in [0.05, 0.1) is 5.92 Å². The average molecular weight is 299 g/mol. The number of amides is 3. The fourth-order valence-electron chi connectivity index (χ4n) is 2.49. The Morgan fingerprint density at radius 1 is 1.29 bits per heavy atom. The third-order valence-electron chi connectivity index (χ3n) is 3.86. The minimum atomic E-state index is -1.06. The summed E-state index contributed by atoms with van der Waals surface area (Å²) < 4.78 is 0. The summed E-state index contributed by atoms with van der Waals surface area (Å²) in [7, 11) is 0. The molecule has 3 amide bonds. The monoisotopic (exact) mass is 299 g/mol. The van der Waals surface area contributed by atoms with Crippen LogP contribution in [-0.2, 0) is 9.59 Å². The highest BCUT2D eigenvalue weighted by atomic mass is 16.4. The van der Waals surface area contributed by atoms with E-state index in [1.165, 1.54) is 4.90 Å². The smallest absolute Gasteiger partial charge is 0.323 e. The fraction of sp³-hybridized carbons (Fsp3) is 0.786. The van der Waals surface area contributed by atoms with Gasteiger partial charge in [-0.15, -0.1) is 0 Å². The zero-order chi connectivity index (χ0) is 16.4. The summed E-state index contributed by atoms with van der Waals surface area (Å²) in [6.45, 7) is 7.14. The highest BCUT2D eigenvalue weighted by molar-refractivity contribution is 5.82. The quantitative estimate of drug-likeness (QED) is 0.807. The number of primary amides is 1. The molecular weight excluding hydrogens is 274 g/mol. The van der Waals surface area contributed by atoms with Crippen LogP contribution in [0.25, 0.3) is 0 Å². The molecule has 0 aliphatic carbocycles. The standard InChI is InChI=1S/C14H25N3O4/c1-9-5-6-10(12(15)20)7-16(9)13(21)17(8-11(18)19)14(2,3)4/h9-10H,5-8H2,1-4H3,(H2,15,20)(H,18,19). The number of piperidine rings is 1. The minimum absolute atomic E-state index is 0.0354. The van der Waals surface area contributed by atoms with Gasteiger partial charge in [-0.05, 0) is 40.5 Å². The molecule has 1 aliphatic heterocycles. The Labute approximate surface area is 125 Å². The van der Waals surface area contributed by atoms with Gasteiger partial charge in [0.15, 0.2) is 0 Å². The zero-order valence-electron chi connectivity index (χ0n) is 13.1. The van der Waals surface area contributed by atoms with Crippen molar-refractivity contribution in [2.75, 3.05) is 13.1 Å². The van der Waals surface area contributed by atoms with Gasteiger partial charge in [0, 0.05) is 18.1 Å². The van der Waals surface area contributed by atoms with Crippen LogP contribution >= 0.6 is 0 Å². The second-order valence-electron chi connectivity index (χ2n) is 6.61. The number of aliphatic carboxylic acids is 1. The first-order valence-corrected chi connectivity index (χ1v) is 7.13. The number of likely N-dealkylation sites (tertiary alicyclic amines) is 1. The van der Waals surface area contributed by atoms with Gasteiger partial charge < -0.3 is 20.6 Å². The fourth-order valence-corrected chi connectivity index (χ4v) is 2.49. The van der Waals surface area contributed by atoms with E-state index in [2.05, 4.69) is 0 Å². The molecule has 0 saturated carbocycles. The Morgan fingerprint density at radius 3 is 2.29 bits per heavy atom. The van der Waals surface area contributed by atoms with Gasteiger partial charge in [0.25, 0.3) is 0 Å². The molecule has 0 aromatic carbocycles. The van der Waals surface area contributed by atoms with E-state index in [-0.39, 0.29) is 31.1 Å². The van der Waals surface area contributed by atoms with Crippen LogP contribution in [0, 0.1) is 5.92 Å². The maximum Gasteiger partial charge on any atom is 0.323 e. The number of rotatable bonds is 3. The molecule has 0 aromatic rings. The minimum Gasteiger partial charge on any atom is -0.480 e. The lowest BCUT2D eigenvalue weighted by Crippen LogP contribution is -2.58. The molecule has 1 fully saturated rings. The lowest BCUT2D eigenvalue weighted by atomic mass is 9.93. The summed E-state index contributed by atoms with van der Waals surface area (Å²) in [4.78, 5) is 37.9. The van der Waals surface area contributed by atoms with Gasteiger partial charge in [-0.1, -0.05) is 0 Å². The number of carboxylic acids is 1. The van der Waals surface area contributed by atoms with Crippen LogP contribution < -0.4 is 5.73 Å². The number of carboxylic acid groups (broad SMARTS) is 1. The van der Waals surface area contributed by atoms with Crippen LogP contribution in [0.3, 0.4) is 0 Å². The predicted molar refractivity (Wildman–Crippen MR) is 77.6 cm³/mol. The van der Waals surface area contributed by atoms with Gasteiger partial charge in [0.1, 0.15) is 6.54 Å². The summed E-state index contributed by atoms with van der Waals surface area (Å²) in [6.07, 6.45) is 1.35. The van der Waals surface area contributed by atoms with Crippen LogP contribution in [0.5, 0.6) is 0 Å². The number of hydrogen-bond acceptors (Lipinski definition) is 3. The summed E-state index contributed by atoms with van der Waals surface area (Å²) in [5.41, 5.74) is 4.72. The maximum absolute atomic E-state index is 12.7. The van der Waals surface area contributed by atoms with Gasteiger partial charge in [-0.25, -0.2) is 4.79 Å². The second-order valence-corrected chi connectivity index (χ2v) is 6.61. The first-order chi connectivity index (χ1) is 9.54. The molecule has 0 spiro atoms. The third-order valence-corrected chi connectivity index (χ3v) is 3.86. The van der Waals surface area contributed by atoms with Crippen molar-refractivity contribution in [2.24, 2.45) is 11.7 Å². The molecule has 0 aromatic heterocycles. The molecule has 1 heterocycles. The topological polar surface area (TPSA) is 104 Å². The van der Waals surface area contributed by atoms with Crippen molar-refractivity contribution in [1.82, 2.24) is 9.80 Å². The van der Waals surface area contributed by atoms with Crippen molar-refractivity contribution < 1.29 is 19.5 Å². The predicted octanol–water partition coefficient (Wildman–Crippen LogP) is 0.877. The van der Waals surface area contributed by atoms with Crippen LogP contribution in [0.15, 0.2) is 0 Å². The molecule has 2 atom stereocenters. The molecule has 21 heavy (non-hydrogen) atoms. The van der Waals surface area contributed by atoms with E-state index in [9.17, 15) is 14.4 Å². The Balaban J connectivity index is 2.95. The summed E-state index contributed by atoms with van der Waals surface area (Å²) >= 11 is 0. The molecule has 7 nitrogen and oxygen atoms in total. The Morgan fingerprint density at radius 2 is 1.86 bits per heavy atom. The van der Waals surface area contributed by atoms with Crippen LogP contribution in [-0.4, -0.2) is 57.5 Å². The van der Waals surface area contributed by atoms with Crippen molar-refractivity contribution in [3.8, 4) is 0 Å². The van der Waals surface area contributed by atoms with E-state index in [0.717, 1.165) is 0 Å². The highest BCUT2D eigenvalue weighted by Gasteiger charge is 2.37.